The minimum Gasteiger partial charge on any atom is -0.465 e. The number of anilines is 1. The number of nitrogens with one attached hydrogen (secondary N) is 2. The highest BCUT2D eigenvalue weighted by molar-refractivity contribution is 6.31. The van der Waals surface area contributed by atoms with Gasteiger partial charge in [0.2, 0.25) is 5.91 Å². The molecule has 1 unspecified atom stereocenters. The van der Waals surface area contributed by atoms with Crippen LogP contribution in [0.5, 0.6) is 0 Å². The largest absolute Gasteiger partial charge is 0.465 e. The fourth-order valence-electron chi connectivity index (χ4n) is 1.51. The lowest BCUT2D eigenvalue weighted by atomic mass is 10.1. The summed E-state index contributed by atoms with van der Waals surface area (Å²) in [5.41, 5.74) is 0.620. The Bertz CT molecular complexity index is 491. The Kier molecular flexibility index (Phi) is 6.48. The number of rotatable bonds is 6. The highest BCUT2D eigenvalue weighted by Gasteiger charge is 2.14. The van der Waals surface area contributed by atoms with E-state index in [1.54, 1.807) is 6.07 Å². The summed E-state index contributed by atoms with van der Waals surface area (Å²) < 4.78 is 4.67. The molecule has 0 aromatic heterocycles. The maximum absolute atomic E-state index is 11.8. The van der Waals surface area contributed by atoms with Gasteiger partial charge in [0.1, 0.15) is 0 Å². The Morgan fingerprint density at radius 3 is 2.70 bits per heavy atom. The Morgan fingerprint density at radius 2 is 2.10 bits per heavy atom. The molecule has 1 atom stereocenters. The molecule has 0 aliphatic rings. The van der Waals surface area contributed by atoms with E-state index in [0.29, 0.717) is 10.7 Å². The Labute approximate surface area is 123 Å². The van der Waals surface area contributed by atoms with Crippen molar-refractivity contribution in [2.24, 2.45) is 0 Å². The summed E-state index contributed by atoms with van der Waals surface area (Å²) in [6, 6.07) is 4.86. The zero-order valence-corrected chi connectivity index (χ0v) is 12.6. The molecule has 20 heavy (non-hydrogen) atoms. The van der Waals surface area contributed by atoms with Gasteiger partial charge >= 0.3 is 5.97 Å². The second kappa shape index (κ2) is 7.87. The van der Waals surface area contributed by atoms with Crippen molar-refractivity contribution in [3.8, 4) is 0 Å². The third-order valence-corrected chi connectivity index (χ3v) is 3.12. The summed E-state index contributed by atoms with van der Waals surface area (Å²) in [4.78, 5) is 23.4. The zero-order valence-electron chi connectivity index (χ0n) is 11.8. The van der Waals surface area contributed by atoms with Gasteiger partial charge in [-0.05, 0) is 31.5 Å². The van der Waals surface area contributed by atoms with Crippen LogP contribution in [0.2, 0.25) is 5.02 Å². The first-order chi connectivity index (χ1) is 9.47. The van der Waals surface area contributed by atoms with Gasteiger partial charge in [0.05, 0.1) is 24.9 Å². The normalized spacial score (nSPS) is 11.8. The third kappa shape index (κ3) is 4.83. The second-order valence-electron chi connectivity index (χ2n) is 4.42. The molecule has 2 N–H and O–H groups in total. The quantitative estimate of drug-likeness (QED) is 0.792. The van der Waals surface area contributed by atoms with Crippen molar-refractivity contribution in [2.75, 3.05) is 19.0 Å². The number of halogens is 1. The lowest BCUT2D eigenvalue weighted by molar-refractivity contribution is -0.115. The fourth-order valence-corrected chi connectivity index (χ4v) is 1.69. The van der Waals surface area contributed by atoms with Crippen LogP contribution in [0.1, 0.15) is 30.6 Å². The van der Waals surface area contributed by atoms with Crippen LogP contribution in [0.4, 0.5) is 5.69 Å². The maximum atomic E-state index is 11.8. The van der Waals surface area contributed by atoms with E-state index in [2.05, 4.69) is 15.4 Å². The van der Waals surface area contributed by atoms with E-state index < -0.39 is 5.97 Å². The molecular formula is C14H19ClN2O3. The number of benzene rings is 1. The van der Waals surface area contributed by atoms with Crippen LogP contribution in [0.15, 0.2) is 18.2 Å². The van der Waals surface area contributed by atoms with Gasteiger partial charge in [-0.15, -0.1) is 0 Å². The topological polar surface area (TPSA) is 67.4 Å². The van der Waals surface area contributed by atoms with Crippen molar-refractivity contribution in [1.29, 1.82) is 0 Å². The summed E-state index contributed by atoms with van der Waals surface area (Å²) in [6.07, 6.45) is 0.928. The van der Waals surface area contributed by atoms with Crippen molar-refractivity contribution in [3.63, 3.8) is 0 Å². The number of carbonyl (C=O) groups is 2. The van der Waals surface area contributed by atoms with Crippen LogP contribution in [-0.2, 0) is 9.53 Å². The van der Waals surface area contributed by atoms with Crippen molar-refractivity contribution in [1.82, 2.24) is 5.32 Å². The Balaban J connectivity index is 2.77. The monoisotopic (exact) mass is 298 g/mol. The molecule has 0 aliphatic carbocycles. The maximum Gasteiger partial charge on any atom is 0.339 e. The number of hydrogen-bond acceptors (Lipinski definition) is 4. The smallest absolute Gasteiger partial charge is 0.339 e. The molecule has 110 valence electrons. The SMILES string of the molecule is CCC(C)NCC(=O)Nc1cc(Cl)ccc1C(=O)OC. The predicted molar refractivity (Wildman–Crippen MR) is 79.2 cm³/mol. The van der Waals surface area contributed by atoms with Gasteiger partial charge in [-0.1, -0.05) is 18.5 Å². The van der Waals surface area contributed by atoms with Crippen molar-refractivity contribution in [3.05, 3.63) is 28.8 Å². The van der Waals surface area contributed by atoms with Gasteiger partial charge in [-0.3, -0.25) is 4.79 Å². The first-order valence-electron chi connectivity index (χ1n) is 6.39. The summed E-state index contributed by atoms with van der Waals surface area (Å²) in [7, 11) is 1.28. The van der Waals surface area contributed by atoms with E-state index in [0.717, 1.165) is 6.42 Å². The molecule has 0 heterocycles. The van der Waals surface area contributed by atoms with E-state index in [-0.39, 0.29) is 24.1 Å². The fraction of sp³-hybridized carbons (Fsp3) is 0.429. The predicted octanol–water partition coefficient (Wildman–Crippen LogP) is 2.45. The third-order valence-electron chi connectivity index (χ3n) is 2.88. The second-order valence-corrected chi connectivity index (χ2v) is 4.86. The first kappa shape index (κ1) is 16.5. The summed E-state index contributed by atoms with van der Waals surface area (Å²) >= 11 is 5.88. The molecule has 5 nitrogen and oxygen atoms in total. The Morgan fingerprint density at radius 1 is 1.40 bits per heavy atom. The molecule has 1 amide bonds. The van der Waals surface area contributed by atoms with Crippen LogP contribution in [-0.4, -0.2) is 31.6 Å². The number of ether oxygens (including phenoxy) is 1. The molecule has 0 saturated heterocycles. The number of hydrogen-bond donors (Lipinski definition) is 2. The molecule has 0 saturated carbocycles. The summed E-state index contributed by atoms with van der Waals surface area (Å²) in [5, 5.41) is 6.16. The van der Waals surface area contributed by atoms with Gasteiger partial charge < -0.3 is 15.4 Å². The van der Waals surface area contributed by atoms with Crippen molar-refractivity contribution >= 4 is 29.2 Å². The molecule has 1 aromatic rings. The van der Waals surface area contributed by atoms with E-state index >= 15 is 0 Å². The van der Waals surface area contributed by atoms with E-state index in [9.17, 15) is 9.59 Å². The average Bonchev–Trinajstić information content (AvgIpc) is 2.44. The van der Waals surface area contributed by atoms with Gasteiger partial charge in [0.25, 0.3) is 0 Å². The molecule has 0 spiro atoms. The summed E-state index contributed by atoms with van der Waals surface area (Å²) in [6.45, 7) is 4.19. The van der Waals surface area contributed by atoms with Crippen LogP contribution in [0.25, 0.3) is 0 Å². The summed E-state index contributed by atoms with van der Waals surface area (Å²) in [5.74, 6) is -0.760. The average molecular weight is 299 g/mol. The molecule has 0 aliphatic heterocycles. The molecule has 0 bridgehead atoms. The van der Waals surface area contributed by atoms with Gasteiger partial charge in [0.15, 0.2) is 0 Å². The van der Waals surface area contributed by atoms with Gasteiger partial charge in [-0.25, -0.2) is 4.79 Å². The Hall–Kier alpha value is -1.59. The van der Waals surface area contributed by atoms with E-state index in [1.165, 1.54) is 19.2 Å². The van der Waals surface area contributed by atoms with Crippen LogP contribution >= 0.6 is 11.6 Å². The van der Waals surface area contributed by atoms with Crippen LogP contribution in [0, 0.1) is 0 Å². The standard InChI is InChI=1S/C14H19ClN2O3/c1-4-9(2)16-8-13(18)17-12-7-10(15)5-6-11(12)14(19)20-3/h5-7,9,16H,4,8H2,1-3H3,(H,17,18). The first-order valence-corrected chi connectivity index (χ1v) is 6.76. The molecular weight excluding hydrogens is 280 g/mol. The number of esters is 1. The lowest BCUT2D eigenvalue weighted by Gasteiger charge is -2.13. The van der Waals surface area contributed by atoms with Crippen LogP contribution in [0.3, 0.4) is 0 Å². The minimum absolute atomic E-state index is 0.169. The minimum atomic E-state index is -0.521. The van der Waals surface area contributed by atoms with E-state index in [1.807, 2.05) is 13.8 Å². The van der Waals surface area contributed by atoms with Gasteiger partial charge in [0, 0.05) is 11.1 Å². The zero-order chi connectivity index (χ0) is 15.1. The molecule has 6 heteroatoms. The molecule has 0 radical (unpaired) electrons. The highest BCUT2D eigenvalue weighted by atomic mass is 35.5. The molecule has 0 fully saturated rings. The molecule has 1 aromatic carbocycles. The van der Waals surface area contributed by atoms with Crippen molar-refractivity contribution in [2.45, 2.75) is 26.3 Å². The lowest BCUT2D eigenvalue weighted by Crippen LogP contribution is -2.34. The number of methoxy groups -OCH3 is 1. The van der Waals surface area contributed by atoms with Crippen LogP contribution < -0.4 is 10.6 Å². The number of carbonyl (C=O) groups excluding carboxylic acids is 2. The number of amides is 1. The van der Waals surface area contributed by atoms with Crippen molar-refractivity contribution < 1.29 is 14.3 Å². The highest BCUT2D eigenvalue weighted by Crippen LogP contribution is 2.21. The van der Waals surface area contributed by atoms with Gasteiger partial charge in [-0.2, -0.15) is 0 Å². The molecule has 1 rings (SSSR count). The van der Waals surface area contributed by atoms with E-state index in [4.69, 9.17) is 11.6 Å².